The van der Waals surface area contributed by atoms with Crippen molar-refractivity contribution in [3.63, 3.8) is 0 Å². The average molecular weight is 236 g/mol. The Hall–Kier alpha value is -1.06. The number of aliphatic hydroxyl groups excluding tert-OH is 1. The number of anilines is 1. The number of nitrogens with zero attached hydrogens (tertiary/aromatic N) is 1. The van der Waals surface area contributed by atoms with Gasteiger partial charge in [-0.1, -0.05) is 32.0 Å². The Kier molecular flexibility index (Phi) is 6.01. The van der Waals surface area contributed by atoms with Gasteiger partial charge >= 0.3 is 0 Å². The lowest BCUT2D eigenvalue weighted by atomic mass is 10.2. The molecule has 17 heavy (non-hydrogen) atoms. The molecule has 3 heteroatoms. The van der Waals surface area contributed by atoms with Crippen LogP contribution in [0.2, 0.25) is 0 Å². The summed E-state index contributed by atoms with van der Waals surface area (Å²) < 4.78 is 0. The van der Waals surface area contributed by atoms with Crippen molar-refractivity contribution in [2.24, 2.45) is 0 Å². The third kappa shape index (κ3) is 5.20. The maximum Gasteiger partial charge on any atom is 0.0839 e. The highest BCUT2D eigenvalue weighted by Gasteiger charge is 2.10. The first-order chi connectivity index (χ1) is 8.13. The third-order valence-corrected chi connectivity index (χ3v) is 2.70. The summed E-state index contributed by atoms with van der Waals surface area (Å²) in [6.07, 6.45) is -0.336. The minimum absolute atomic E-state index is 0.336. The van der Waals surface area contributed by atoms with Gasteiger partial charge in [-0.15, -0.1) is 0 Å². The summed E-state index contributed by atoms with van der Waals surface area (Å²) in [5, 5.41) is 13.2. The molecule has 0 aliphatic rings. The van der Waals surface area contributed by atoms with Crippen LogP contribution >= 0.6 is 0 Å². The van der Waals surface area contributed by atoms with Gasteiger partial charge in [0.15, 0.2) is 0 Å². The molecule has 1 aromatic rings. The summed E-state index contributed by atoms with van der Waals surface area (Å²) in [6, 6.07) is 10.6. The maximum atomic E-state index is 9.96. The smallest absolute Gasteiger partial charge is 0.0839 e. The van der Waals surface area contributed by atoms with E-state index in [1.54, 1.807) is 0 Å². The fraction of sp³-hybridized carbons (Fsp3) is 0.571. The third-order valence-electron chi connectivity index (χ3n) is 2.70. The normalized spacial score (nSPS) is 12.8. The molecule has 0 heterocycles. The highest BCUT2D eigenvalue weighted by Crippen LogP contribution is 2.12. The number of hydrogen-bond donors (Lipinski definition) is 2. The summed E-state index contributed by atoms with van der Waals surface area (Å²) in [5.74, 6) is 0. The highest BCUT2D eigenvalue weighted by atomic mass is 16.3. The van der Waals surface area contributed by atoms with Gasteiger partial charge in [-0.25, -0.2) is 0 Å². The Labute approximate surface area is 104 Å². The van der Waals surface area contributed by atoms with Crippen molar-refractivity contribution < 1.29 is 5.11 Å². The summed E-state index contributed by atoms with van der Waals surface area (Å²) >= 11 is 0. The maximum absolute atomic E-state index is 9.96. The molecule has 2 N–H and O–H groups in total. The Morgan fingerprint density at radius 2 is 1.88 bits per heavy atom. The zero-order valence-electron chi connectivity index (χ0n) is 11.1. The quantitative estimate of drug-likeness (QED) is 0.758. The molecular weight excluding hydrogens is 212 g/mol. The van der Waals surface area contributed by atoms with Gasteiger partial charge in [-0.3, -0.25) is 0 Å². The molecule has 0 aromatic heterocycles. The zero-order valence-corrected chi connectivity index (χ0v) is 11.1. The van der Waals surface area contributed by atoms with E-state index in [1.165, 1.54) is 5.69 Å². The fourth-order valence-electron chi connectivity index (χ4n) is 1.75. The van der Waals surface area contributed by atoms with Crippen molar-refractivity contribution in [2.45, 2.75) is 32.9 Å². The standard InChI is InChI=1S/C14H24N2O/c1-4-16(13-8-6-5-7-9-13)11-14(17)10-15-12(2)3/h5-9,12,14-15,17H,4,10-11H2,1-3H3. The van der Waals surface area contributed by atoms with Gasteiger partial charge in [0, 0.05) is 31.4 Å². The van der Waals surface area contributed by atoms with E-state index < -0.39 is 0 Å². The van der Waals surface area contributed by atoms with Gasteiger partial charge in [0.2, 0.25) is 0 Å². The lowest BCUT2D eigenvalue weighted by molar-refractivity contribution is 0.174. The van der Waals surface area contributed by atoms with E-state index in [0.29, 0.717) is 19.1 Å². The van der Waals surface area contributed by atoms with Crippen molar-refractivity contribution in [1.29, 1.82) is 0 Å². The van der Waals surface area contributed by atoms with Crippen LogP contribution < -0.4 is 10.2 Å². The van der Waals surface area contributed by atoms with E-state index in [-0.39, 0.29) is 6.10 Å². The van der Waals surface area contributed by atoms with E-state index in [0.717, 1.165) is 6.54 Å². The molecule has 0 spiro atoms. The van der Waals surface area contributed by atoms with Gasteiger partial charge in [0.05, 0.1) is 6.10 Å². The minimum atomic E-state index is -0.336. The van der Waals surface area contributed by atoms with Crippen LogP contribution in [-0.4, -0.2) is 36.9 Å². The topological polar surface area (TPSA) is 35.5 Å². The van der Waals surface area contributed by atoms with Crippen molar-refractivity contribution in [2.75, 3.05) is 24.5 Å². The monoisotopic (exact) mass is 236 g/mol. The van der Waals surface area contributed by atoms with E-state index in [1.807, 2.05) is 18.2 Å². The van der Waals surface area contributed by atoms with E-state index in [2.05, 4.69) is 43.1 Å². The first-order valence-electron chi connectivity index (χ1n) is 6.35. The predicted octanol–water partition coefficient (Wildman–Crippen LogP) is 1.87. The molecule has 0 saturated heterocycles. The Morgan fingerprint density at radius 1 is 1.24 bits per heavy atom. The lowest BCUT2D eigenvalue weighted by Gasteiger charge is -2.26. The SMILES string of the molecule is CCN(CC(O)CNC(C)C)c1ccccc1. The number of nitrogens with one attached hydrogen (secondary N) is 1. The van der Waals surface area contributed by atoms with Crippen molar-refractivity contribution in [1.82, 2.24) is 5.32 Å². The summed E-state index contributed by atoms with van der Waals surface area (Å²) in [5.41, 5.74) is 1.17. The Bertz CT molecular complexity index is 300. The molecule has 0 radical (unpaired) electrons. The van der Waals surface area contributed by atoms with Gasteiger partial charge in [0.1, 0.15) is 0 Å². The highest BCUT2D eigenvalue weighted by molar-refractivity contribution is 5.45. The average Bonchev–Trinajstić information content (AvgIpc) is 2.34. The largest absolute Gasteiger partial charge is 0.390 e. The second-order valence-electron chi connectivity index (χ2n) is 4.59. The second-order valence-corrected chi connectivity index (χ2v) is 4.59. The zero-order chi connectivity index (χ0) is 12.7. The number of rotatable bonds is 7. The minimum Gasteiger partial charge on any atom is -0.390 e. The number of likely N-dealkylation sites (N-methyl/N-ethyl adjacent to an activating group) is 1. The molecule has 0 bridgehead atoms. The van der Waals surface area contributed by atoms with Crippen LogP contribution in [-0.2, 0) is 0 Å². The van der Waals surface area contributed by atoms with Crippen LogP contribution in [0.4, 0.5) is 5.69 Å². The number of aliphatic hydroxyl groups is 1. The summed E-state index contributed by atoms with van der Waals surface area (Å²) in [4.78, 5) is 2.19. The summed E-state index contributed by atoms with van der Waals surface area (Å²) in [7, 11) is 0. The molecule has 1 unspecified atom stereocenters. The van der Waals surface area contributed by atoms with Crippen LogP contribution in [0.1, 0.15) is 20.8 Å². The molecule has 0 saturated carbocycles. The molecule has 1 aromatic carbocycles. The van der Waals surface area contributed by atoms with Gasteiger partial charge in [-0.2, -0.15) is 0 Å². The van der Waals surface area contributed by atoms with E-state index in [4.69, 9.17) is 0 Å². The van der Waals surface area contributed by atoms with Gasteiger partial charge in [-0.05, 0) is 19.1 Å². The molecular formula is C14H24N2O. The Balaban J connectivity index is 2.47. The first-order valence-corrected chi connectivity index (χ1v) is 6.35. The van der Waals surface area contributed by atoms with Crippen molar-refractivity contribution >= 4 is 5.69 Å². The van der Waals surface area contributed by atoms with Crippen molar-refractivity contribution in [3.8, 4) is 0 Å². The molecule has 96 valence electrons. The number of hydrogen-bond acceptors (Lipinski definition) is 3. The summed E-state index contributed by atoms with van der Waals surface area (Å²) in [6.45, 7) is 8.49. The van der Waals surface area contributed by atoms with Gasteiger partial charge in [0.25, 0.3) is 0 Å². The molecule has 0 aliphatic carbocycles. The second kappa shape index (κ2) is 7.30. The van der Waals surface area contributed by atoms with Gasteiger partial charge < -0.3 is 15.3 Å². The lowest BCUT2D eigenvalue weighted by Crippen LogP contribution is -2.40. The molecule has 1 rings (SSSR count). The van der Waals surface area contributed by atoms with Crippen LogP contribution in [0, 0.1) is 0 Å². The Morgan fingerprint density at radius 3 is 2.41 bits per heavy atom. The van der Waals surface area contributed by atoms with Crippen LogP contribution in [0.15, 0.2) is 30.3 Å². The first kappa shape index (κ1) is 14.0. The number of benzene rings is 1. The molecule has 3 nitrogen and oxygen atoms in total. The van der Waals surface area contributed by atoms with Crippen LogP contribution in [0.5, 0.6) is 0 Å². The van der Waals surface area contributed by atoms with E-state index >= 15 is 0 Å². The van der Waals surface area contributed by atoms with Crippen LogP contribution in [0.3, 0.4) is 0 Å². The molecule has 0 amide bonds. The predicted molar refractivity (Wildman–Crippen MR) is 73.5 cm³/mol. The van der Waals surface area contributed by atoms with E-state index in [9.17, 15) is 5.11 Å². The fourth-order valence-corrected chi connectivity index (χ4v) is 1.75. The van der Waals surface area contributed by atoms with Crippen molar-refractivity contribution in [3.05, 3.63) is 30.3 Å². The van der Waals surface area contributed by atoms with Crippen LogP contribution in [0.25, 0.3) is 0 Å². The number of para-hydroxylation sites is 1. The molecule has 0 aliphatic heterocycles. The molecule has 0 fully saturated rings. The molecule has 1 atom stereocenters.